The maximum atomic E-state index is 12.8. The van der Waals surface area contributed by atoms with Crippen LogP contribution >= 0.6 is 0 Å². The van der Waals surface area contributed by atoms with Crippen molar-refractivity contribution in [2.75, 3.05) is 6.54 Å². The first-order chi connectivity index (χ1) is 15.4. The summed E-state index contributed by atoms with van der Waals surface area (Å²) in [5.41, 5.74) is 2.37. The largest absolute Gasteiger partial charge is 0.458 e. The Kier molecular flexibility index (Phi) is 5.94. The second-order valence-electron chi connectivity index (χ2n) is 7.95. The van der Waals surface area contributed by atoms with Crippen molar-refractivity contribution in [3.63, 3.8) is 0 Å². The molecule has 3 atom stereocenters. The molecule has 0 bridgehead atoms. The molecule has 0 aliphatic carbocycles. The predicted octanol–water partition coefficient (Wildman–Crippen LogP) is 1.49. The number of carbonyl (C=O) groups excluding carboxylic acids is 4. The standard InChI is InChI=1S/C24H25N3O5/c1-3-16-9-11-18(12-10-16)21(29)25-20-19-13-26(15(2)28)22(27(19)23(20)30)24(31)32-14-17-7-5-4-6-8-17/h4-12,19-20,22H,3,13-14H2,1-2H3,(H,25,29)/t19?,20-,22?/m1/s1. The molecule has 0 radical (unpaired) electrons. The minimum Gasteiger partial charge on any atom is -0.458 e. The highest BCUT2D eigenvalue weighted by molar-refractivity contribution is 6.02. The SMILES string of the molecule is CCc1ccc(C(=O)N[C@H]2C(=O)N3C2CN(C(C)=O)C3C(=O)OCc2ccccc2)cc1. The van der Waals surface area contributed by atoms with Gasteiger partial charge >= 0.3 is 5.97 Å². The molecule has 0 aromatic heterocycles. The number of hydrogen-bond donors (Lipinski definition) is 1. The topological polar surface area (TPSA) is 96.0 Å². The Labute approximate surface area is 186 Å². The molecule has 2 aromatic rings. The minimum absolute atomic E-state index is 0.0442. The lowest BCUT2D eigenvalue weighted by Crippen LogP contribution is -2.71. The first-order valence-corrected chi connectivity index (χ1v) is 10.6. The molecule has 2 saturated heterocycles. The molecule has 2 unspecified atom stereocenters. The molecule has 2 aromatic carbocycles. The van der Waals surface area contributed by atoms with Crippen LogP contribution in [0.5, 0.6) is 0 Å². The van der Waals surface area contributed by atoms with Crippen LogP contribution < -0.4 is 5.32 Å². The molecule has 166 valence electrons. The van der Waals surface area contributed by atoms with Crippen molar-refractivity contribution in [1.82, 2.24) is 15.1 Å². The van der Waals surface area contributed by atoms with Crippen LogP contribution in [0.4, 0.5) is 0 Å². The number of aryl methyl sites for hydroxylation is 1. The number of nitrogens with one attached hydrogen (secondary N) is 1. The Balaban J connectivity index is 1.44. The van der Waals surface area contributed by atoms with E-state index in [1.807, 2.05) is 49.4 Å². The molecule has 2 heterocycles. The highest BCUT2D eigenvalue weighted by atomic mass is 16.5. The van der Waals surface area contributed by atoms with Crippen LogP contribution in [0.2, 0.25) is 0 Å². The van der Waals surface area contributed by atoms with Gasteiger partial charge in [-0.15, -0.1) is 0 Å². The van der Waals surface area contributed by atoms with Crippen LogP contribution in [0.3, 0.4) is 0 Å². The van der Waals surface area contributed by atoms with E-state index < -0.39 is 30.1 Å². The van der Waals surface area contributed by atoms with Gasteiger partial charge in [-0.3, -0.25) is 14.4 Å². The van der Waals surface area contributed by atoms with Crippen LogP contribution in [-0.4, -0.2) is 58.3 Å². The van der Waals surface area contributed by atoms with Gasteiger partial charge < -0.3 is 19.9 Å². The van der Waals surface area contributed by atoms with Crippen LogP contribution in [0.1, 0.15) is 35.3 Å². The lowest BCUT2D eigenvalue weighted by Gasteiger charge is -2.43. The van der Waals surface area contributed by atoms with E-state index in [0.717, 1.165) is 17.5 Å². The van der Waals surface area contributed by atoms with Crippen LogP contribution in [0.15, 0.2) is 54.6 Å². The molecular formula is C24H25N3O5. The van der Waals surface area contributed by atoms with Gasteiger partial charge in [0.15, 0.2) is 0 Å². The molecule has 4 rings (SSSR count). The van der Waals surface area contributed by atoms with Gasteiger partial charge in [0.1, 0.15) is 12.6 Å². The Hall–Kier alpha value is -3.68. The molecule has 2 aliphatic rings. The van der Waals surface area contributed by atoms with E-state index in [4.69, 9.17) is 4.74 Å². The summed E-state index contributed by atoms with van der Waals surface area (Å²) in [7, 11) is 0. The number of amides is 3. The number of ether oxygens (including phenoxy) is 1. The van der Waals surface area contributed by atoms with Crippen molar-refractivity contribution >= 4 is 23.7 Å². The maximum absolute atomic E-state index is 12.8. The summed E-state index contributed by atoms with van der Waals surface area (Å²) in [6.07, 6.45) is -0.256. The summed E-state index contributed by atoms with van der Waals surface area (Å²) in [6.45, 7) is 3.57. The van der Waals surface area contributed by atoms with Gasteiger partial charge in [-0.2, -0.15) is 0 Å². The van der Waals surface area contributed by atoms with Crippen molar-refractivity contribution in [3.8, 4) is 0 Å². The normalized spacial score (nSPS) is 21.6. The van der Waals surface area contributed by atoms with Gasteiger partial charge in [-0.1, -0.05) is 49.4 Å². The number of carbonyl (C=O) groups is 4. The van der Waals surface area contributed by atoms with E-state index in [9.17, 15) is 19.2 Å². The number of nitrogens with zero attached hydrogens (tertiary/aromatic N) is 2. The summed E-state index contributed by atoms with van der Waals surface area (Å²) >= 11 is 0. The van der Waals surface area contributed by atoms with Crippen molar-refractivity contribution in [2.45, 2.75) is 45.1 Å². The van der Waals surface area contributed by atoms with E-state index in [2.05, 4.69) is 5.32 Å². The highest BCUT2D eigenvalue weighted by Crippen LogP contribution is 2.33. The summed E-state index contributed by atoms with van der Waals surface area (Å²) < 4.78 is 5.39. The second kappa shape index (κ2) is 8.82. The minimum atomic E-state index is -1.12. The third-order valence-electron chi connectivity index (χ3n) is 5.96. The van der Waals surface area contributed by atoms with E-state index in [0.29, 0.717) is 5.56 Å². The van der Waals surface area contributed by atoms with E-state index in [-0.39, 0.29) is 25.0 Å². The second-order valence-corrected chi connectivity index (χ2v) is 7.95. The quantitative estimate of drug-likeness (QED) is 0.548. The summed E-state index contributed by atoms with van der Waals surface area (Å²) in [5.74, 6) is -1.78. The van der Waals surface area contributed by atoms with E-state index >= 15 is 0 Å². The number of hydrogen-bond acceptors (Lipinski definition) is 5. The van der Waals surface area contributed by atoms with Crippen LogP contribution in [-0.2, 0) is 32.1 Å². The number of rotatable bonds is 6. The van der Waals surface area contributed by atoms with Gasteiger partial charge in [-0.05, 0) is 29.7 Å². The molecule has 32 heavy (non-hydrogen) atoms. The monoisotopic (exact) mass is 435 g/mol. The zero-order valence-electron chi connectivity index (χ0n) is 18.0. The molecule has 3 amide bonds. The Morgan fingerprint density at radius 3 is 2.34 bits per heavy atom. The van der Waals surface area contributed by atoms with Crippen molar-refractivity contribution in [1.29, 1.82) is 0 Å². The highest BCUT2D eigenvalue weighted by Gasteiger charge is 2.60. The average molecular weight is 435 g/mol. The number of β-lactam (4-membered cyclic amide) rings is 1. The Morgan fingerprint density at radius 1 is 1.03 bits per heavy atom. The number of benzene rings is 2. The predicted molar refractivity (Wildman–Crippen MR) is 115 cm³/mol. The molecule has 0 spiro atoms. The Morgan fingerprint density at radius 2 is 1.72 bits per heavy atom. The average Bonchev–Trinajstić information content (AvgIpc) is 3.18. The van der Waals surface area contributed by atoms with Gasteiger partial charge in [0, 0.05) is 19.0 Å². The molecule has 0 saturated carbocycles. The maximum Gasteiger partial charge on any atom is 0.350 e. The zero-order valence-corrected chi connectivity index (χ0v) is 18.0. The third-order valence-corrected chi connectivity index (χ3v) is 5.96. The first kappa shape index (κ1) is 21.5. The number of esters is 1. The molecule has 8 heteroatoms. The fourth-order valence-electron chi connectivity index (χ4n) is 4.13. The van der Waals surface area contributed by atoms with Gasteiger partial charge in [0.2, 0.25) is 18.0 Å². The third kappa shape index (κ3) is 3.95. The lowest BCUT2D eigenvalue weighted by atomic mass is 9.96. The summed E-state index contributed by atoms with van der Waals surface area (Å²) in [6, 6.07) is 15.1. The molecule has 8 nitrogen and oxygen atoms in total. The van der Waals surface area contributed by atoms with Gasteiger partial charge in [-0.25, -0.2) is 4.79 Å². The van der Waals surface area contributed by atoms with Crippen LogP contribution in [0.25, 0.3) is 0 Å². The molecule has 2 aliphatic heterocycles. The van der Waals surface area contributed by atoms with Crippen molar-refractivity contribution in [3.05, 3.63) is 71.3 Å². The van der Waals surface area contributed by atoms with Crippen molar-refractivity contribution < 1.29 is 23.9 Å². The fraction of sp³-hybridized carbons (Fsp3) is 0.333. The van der Waals surface area contributed by atoms with E-state index in [1.54, 1.807) is 12.1 Å². The zero-order chi connectivity index (χ0) is 22.8. The summed E-state index contributed by atoms with van der Waals surface area (Å²) in [5, 5.41) is 2.75. The van der Waals surface area contributed by atoms with Gasteiger partial charge in [0.05, 0.1) is 6.04 Å². The first-order valence-electron chi connectivity index (χ1n) is 10.6. The number of fused-ring (bicyclic) bond motifs is 1. The molecule has 2 fully saturated rings. The van der Waals surface area contributed by atoms with Gasteiger partial charge in [0.25, 0.3) is 5.91 Å². The lowest BCUT2D eigenvalue weighted by molar-refractivity contribution is -0.169. The smallest absolute Gasteiger partial charge is 0.350 e. The van der Waals surface area contributed by atoms with Crippen molar-refractivity contribution in [2.24, 2.45) is 0 Å². The molecular weight excluding hydrogens is 410 g/mol. The molecule has 1 N–H and O–H groups in total. The Bertz CT molecular complexity index is 1040. The van der Waals surface area contributed by atoms with Crippen LogP contribution in [0, 0.1) is 0 Å². The summed E-state index contributed by atoms with van der Waals surface area (Å²) in [4.78, 5) is 53.0. The fourth-order valence-corrected chi connectivity index (χ4v) is 4.13. The van der Waals surface area contributed by atoms with E-state index in [1.165, 1.54) is 16.7 Å².